The van der Waals surface area contributed by atoms with Crippen molar-refractivity contribution in [3.8, 4) is 0 Å². The standard InChI is InChI=1S/C14H20BrClN4S/c1-4-17-13(10-7-12(15)21-9-10)14-11(16)8-18-20(14)6-5-19(2)3/h7-9,13,17H,4-6H2,1-3H3. The van der Waals surface area contributed by atoms with Gasteiger partial charge in [-0.15, -0.1) is 11.3 Å². The second-order valence-corrected chi connectivity index (χ2v) is 7.78. The van der Waals surface area contributed by atoms with Crippen LogP contribution in [0.4, 0.5) is 0 Å². The summed E-state index contributed by atoms with van der Waals surface area (Å²) in [7, 11) is 4.12. The Balaban J connectivity index is 2.33. The van der Waals surface area contributed by atoms with Gasteiger partial charge >= 0.3 is 0 Å². The van der Waals surface area contributed by atoms with Gasteiger partial charge in [0.25, 0.3) is 0 Å². The monoisotopic (exact) mass is 390 g/mol. The van der Waals surface area contributed by atoms with Crippen molar-refractivity contribution in [2.75, 3.05) is 27.2 Å². The van der Waals surface area contributed by atoms with Crippen molar-refractivity contribution in [2.24, 2.45) is 0 Å². The third-order valence-electron chi connectivity index (χ3n) is 3.20. The topological polar surface area (TPSA) is 33.1 Å². The molecule has 21 heavy (non-hydrogen) atoms. The summed E-state index contributed by atoms with van der Waals surface area (Å²) in [6, 6.07) is 2.20. The molecule has 0 aliphatic heterocycles. The van der Waals surface area contributed by atoms with Crippen molar-refractivity contribution in [3.63, 3.8) is 0 Å². The van der Waals surface area contributed by atoms with Gasteiger partial charge in [-0.05, 0) is 53.6 Å². The number of nitrogens with one attached hydrogen (secondary N) is 1. The van der Waals surface area contributed by atoms with E-state index in [1.54, 1.807) is 17.5 Å². The number of hydrogen-bond acceptors (Lipinski definition) is 4. The predicted octanol–water partition coefficient (Wildman–Crippen LogP) is 3.62. The average molecular weight is 392 g/mol. The van der Waals surface area contributed by atoms with Gasteiger partial charge in [0.2, 0.25) is 0 Å². The van der Waals surface area contributed by atoms with E-state index in [4.69, 9.17) is 11.6 Å². The molecule has 116 valence electrons. The molecule has 0 spiro atoms. The Kier molecular flexibility index (Phi) is 6.25. The SMILES string of the molecule is CCNC(c1csc(Br)c1)c1c(Cl)cnn1CCN(C)C. The van der Waals surface area contributed by atoms with Crippen molar-refractivity contribution >= 4 is 38.9 Å². The lowest BCUT2D eigenvalue weighted by Gasteiger charge is -2.20. The molecule has 0 aromatic carbocycles. The van der Waals surface area contributed by atoms with Gasteiger partial charge in [-0.1, -0.05) is 18.5 Å². The molecule has 0 saturated heterocycles. The largest absolute Gasteiger partial charge is 0.308 e. The van der Waals surface area contributed by atoms with Gasteiger partial charge in [-0.2, -0.15) is 5.10 Å². The summed E-state index contributed by atoms with van der Waals surface area (Å²) in [4.78, 5) is 2.14. The highest BCUT2D eigenvalue weighted by Crippen LogP contribution is 2.32. The van der Waals surface area contributed by atoms with E-state index in [0.29, 0.717) is 5.02 Å². The molecule has 0 radical (unpaired) electrons. The maximum absolute atomic E-state index is 6.40. The third-order valence-corrected chi connectivity index (χ3v) is 5.01. The van der Waals surface area contributed by atoms with Gasteiger partial charge < -0.3 is 10.2 Å². The zero-order chi connectivity index (χ0) is 15.4. The minimum Gasteiger partial charge on any atom is -0.308 e. The first-order valence-corrected chi connectivity index (χ1v) is 8.91. The fraction of sp³-hybridized carbons (Fsp3) is 0.500. The molecule has 2 aromatic rings. The van der Waals surface area contributed by atoms with Crippen LogP contribution in [0.3, 0.4) is 0 Å². The average Bonchev–Trinajstić information content (AvgIpc) is 3.00. The molecule has 7 heteroatoms. The Morgan fingerprint density at radius 1 is 1.52 bits per heavy atom. The predicted molar refractivity (Wildman–Crippen MR) is 93.3 cm³/mol. The molecule has 4 nitrogen and oxygen atoms in total. The third kappa shape index (κ3) is 4.29. The molecule has 0 fully saturated rings. The summed E-state index contributed by atoms with van der Waals surface area (Å²) in [5.41, 5.74) is 2.24. The summed E-state index contributed by atoms with van der Waals surface area (Å²) in [5, 5.41) is 10.8. The van der Waals surface area contributed by atoms with Gasteiger partial charge in [0.05, 0.1) is 33.3 Å². The van der Waals surface area contributed by atoms with Crippen molar-refractivity contribution in [2.45, 2.75) is 19.5 Å². The summed E-state index contributed by atoms with van der Waals surface area (Å²) >= 11 is 11.6. The Bertz CT molecular complexity index is 581. The molecule has 2 rings (SSSR count). The van der Waals surface area contributed by atoms with Crippen LogP contribution in [0.25, 0.3) is 0 Å². The first-order chi connectivity index (χ1) is 10.0. The lowest BCUT2D eigenvalue weighted by molar-refractivity contribution is 0.365. The molecule has 2 heterocycles. The zero-order valence-corrected chi connectivity index (χ0v) is 15.6. The van der Waals surface area contributed by atoms with Crippen LogP contribution in [-0.4, -0.2) is 41.9 Å². The van der Waals surface area contributed by atoms with E-state index >= 15 is 0 Å². The minimum absolute atomic E-state index is 0.0645. The second kappa shape index (κ2) is 7.74. The Morgan fingerprint density at radius 3 is 2.86 bits per heavy atom. The van der Waals surface area contributed by atoms with Crippen molar-refractivity contribution in [3.05, 3.63) is 37.7 Å². The first kappa shape index (κ1) is 17.0. The lowest BCUT2D eigenvalue weighted by Crippen LogP contribution is -2.27. The van der Waals surface area contributed by atoms with Crippen LogP contribution in [0.1, 0.15) is 24.2 Å². The first-order valence-electron chi connectivity index (χ1n) is 6.86. The molecule has 1 N–H and O–H groups in total. The van der Waals surface area contributed by atoms with Crippen molar-refractivity contribution in [1.29, 1.82) is 0 Å². The van der Waals surface area contributed by atoms with Gasteiger partial charge in [0, 0.05) is 6.54 Å². The van der Waals surface area contributed by atoms with Gasteiger partial charge in [-0.25, -0.2) is 0 Å². The van der Waals surface area contributed by atoms with E-state index in [1.807, 2.05) is 4.68 Å². The quantitative estimate of drug-likeness (QED) is 0.782. The number of likely N-dealkylation sites (N-methyl/N-ethyl adjacent to an activating group) is 1. The Labute approximate surface area is 143 Å². The Hall–Kier alpha value is -0.400. The van der Waals surface area contributed by atoms with Gasteiger partial charge in [-0.3, -0.25) is 4.68 Å². The molecule has 0 aliphatic carbocycles. The molecule has 0 bridgehead atoms. The fourth-order valence-corrected chi connectivity index (χ4v) is 3.64. The zero-order valence-electron chi connectivity index (χ0n) is 12.4. The minimum atomic E-state index is 0.0645. The molecular formula is C14H20BrClN4S. The maximum Gasteiger partial charge on any atom is 0.0837 e. The van der Waals surface area contributed by atoms with E-state index in [-0.39, 0.29) is 6.04 Å². The second-order valence-electron chi connectivity index (χ2n) is 5.08. The molecule has 0 amide bonds. The van der Waals surface area contributed by atoms with E-state index in [2.05, 4.69) is 63.7 Å². The highest BCUT2D eigenvalue weighted by molar-refractivity contribution is 9.11. The van der Waals surface area contributed by atoms with Crippen LogP contribution >= 0.6 is 38.9 Å². The summed E-state index contributed by atoms with van der Waals surface area (Å²) in [5.74, 6) is 0. The lowest BCUT2D eigenvalue weighted by atomic mass is 10.1. The molecule has 0 saturated carbocycles. The summed E-state index contributed by atoms with van der Waals surface area (Å²) < 4.78 is 3.12. The number of hydrogen-bond donors (Lipinski definition) is 1. The highest BCUT2D eigenvalue weighted by atomic mass is 79.9. The number of rotatable bonds is 7. The van der Waals surface area contributed by atoms with Crippen LogP contribution < -0.4 is 5.32 Å². The van der Waals surface area contributed by atoms with Gasteiger partial charge in [0.15, 0.2) is 0 Å². The normalized spacial score (nSPS) is 13.0. The van der Waals surface area contributed by atoms with E-state index in [9.17, 15) is 0 Å². The van der Waals surface area contributed by atoms with Gasteiger partial charge in [0.1, 0.15) is 0 Å². The van der Waals surface area contributed by atoms with Crippen LogP contribution in [-0.2, 0) is 6.54 Å². The maximum atomic E-state index is 6.40. The van der Waals surface area contributed by atoms with Crippen LogP contribution in [0.5, 0.6) is 0 Å². The van der Waals surface area contributed by atoms with Crippen molar-refractivity contribution < 1.29 is 0 Å². The molecule has 1 atom stereocenters. The van der Waals surface area contributed by atoms with Crippen LogP contribution in [0.15, 0.2) is 21.4 Å². The number of thiophene rings is 1. The molecular weight excluding hydrogens is 372 g/mol. The summed E-state index contributed by atoms with van der Waals surface area (Å²) in [6.07, 6.45) is 1.73. The summed E-state index contributed by atoms with van der Waals surface area (Å²) in [6.45, 7) is 4.72. The molecule has 0 aliphatic rings. The fourth-order valence-electron chi connectivity index (χ4n) is 2.18. The van der Waals surface area contributed by atoms with Crippen molar-refractivity contribution in [1.82, 2.24) is 20.0 Å². The van der Waals surface area contributed by atoms with Crippen LogP contribution in [0, 0.1) is 0 Å². The highest BCUT2D eigenvalue weighted by Gasteiger charge is 2.22. The number of nitrogens with zero attached hydrogens (tertiary/aromatic N) is 3. The molecule has 2 aromatic heterocycles. The number of halogens is 2. The Morgan fingerprint density at radius 2 is 2.29 bits per heavy atom. The van der Waals surface area contributed by atoms with E-state index in [1.165, 1.54) is 5.56 Å². The van der Waals surface area contributed by atoms with E-state index in [0.717, 1.165) is 29.1 Å². The smallest absolute Gasteiger partial charge is 0.0837 e. The number of aromatic nitrogens is 2. The van der Waals surface area contributed by atoms with E-state index < -0.39 is 0 Å². The van der Waals surface area contributed by atoms with Crippen LogP contribution in [0.2, 0.25) is 5.02 Å². The molecule has 1 unspecified atom stereocenters.